The van der Waals surface area contributed by atoms with Gasteiger partial charge in [0.1, 0.15) is 10.0 Å². The van der Waals surface area contributed by atoms with Gasteiger partial charge in [-0.3, -0.25) is 0 Å². The van der Waals surface area contributed by atoms with Crippen molar-refractivity contribution in [2.75, 3.05) is 9.80 Å². The lowest BCUT2D eigenvalue weighted by atomic mass is 9.35. The van der Waals surface area contributed by atoms with Crippen molar-refractivity contribution >= 4 is 68.0 Å². The Bertz CT molecular complexity index is 2680. The molecular formula is C58H72BN3S. The number of fused-ring (bicyclic) bond motifs is 4. The summed E-state index contributed by atoms with van der Waals surface area (Å²) in [6.07, 6.45) is 0. The van der Waals surface area contributed by atoms with Gasteiger partial charge in [0.25, 0.3) is 6.71 Å². The van der Waals surface area contributed by atoms with E-state index in [2.05, 4.69) is 232 Å². The fourth-order valence-electron chi connectivity index (χ4n) is 9.22. The van der Waals surface area contributed by atoms with E-state index in [9.17, 15) is 0 Å². The molecule has 3 nitrogen and oxygen atoms in total. The van der Waals surface area contributed by atoms with Crippen LogP contribution in [0.3, 0.4) is 0 Å². The lowest BCUT2D eigenvalue weighted by molar-refractivity contribution is 0.568. The minimum atomic E-state index is -0.0602. The van der Waals surface area contributed by atoms with Crippen molar-refractivity contribution in [3.8, 4) is 10.6 Å². The summed E-state index contributed by atoms with van der Waals surface area (Å²) in [7, 11) is 0. The molecule has 0 spiro atoms. The van der Waals surface area contributed by atoms with E-state index >= 15 is 0 Å². The zero-order valence-electron chi connectivity index (χ0n) is 42.0. The van der Waals surface area contributed by atoms with Gasteiger partial charge in [-0.25, -0.2) is 4.98 Å². The summed E-state index contributed by atoms with van der Waals surface area (Å²) in [5.41, 5.74) is 20.2. The third-order valence-electron chi connectivity index (χ3n) is 13.4. The Balaban J connectivity index is 1.50. The molecular weight excluding hydrogens is 782 g/mol. The molecule has 328 valence electrons. The number of nitrogens with zero attached hydrogens (tertiary/aromatic N) is 3. The molecule has 3 heterocycles. The number of thiazole rings is 1. The van der Waals surface area contributed by atoms with Crippen LogP contribution in [0, 0.1) is 6.92 Å². The quantitative estimate of drug-likeness (QED) is 0.165. The Morgan fingerprint density at radius 1 is 0.429 bits per heavy atom. The number of benzene rings is 5. The third-order valence-corrected chi connectivity index (χ3v) is 14.5. The van der Waals surface area contributed by atoms with Crippen molar-refractivity contribution in [1.29, 1.82) is 0 Å². The molecule has 5 aromatic carbocycles. The highest BCUT2D eigenvalue weighted by Gasteiger charge is 2.47. The van der Waals surface area contributed by atoms with Gasteiger partial charge in [0.05, 0.1) is 5.59 Å². The van der Waals surface area contributed by atoms with Gasteiger partial charge in [-0.1, -0.05) is 184 Å². The first-order valence-electron chi connectivity index (χ1n) is 23.2. The molecule has 2 aliphatic rings. The van der Waals surface area contributed by atoms with E-state index < -0.39 is 0 Å². The third kappa shape index (κ3) is 8.22. The average Bonchev–Trinajstić information content (AvgIpc) is 3.60. The average molecular weight is 854 g/mol. The molecule has 6 aromatic rings. The van der Waals surface area contributed by atoms with Crippen LogP contribution in [0.5, 0.6) is 0 Å². The van der Waals surface area contributed by atoms with E-state index in [1.807, 2.05) is 11.3 Å². The Morgan fingerprint density at radius 2 is 0.841 bits per heavy atom. The Labute approximate surface area is 385 Å². The Hall–Kier alpha value is -4.61. The standard InChI is InChI=1S/C58H72BN3S/c1-35-26-47-49-48(27-35)62(44-32-41(57(14,15)16)29-42(33-44)58(17,18)19)52-50(60-51(63-52)36-20-22-37(23-21-36)53(2,3)4)59(49)45-34-38(54(5,6)7)24-25-46(45)61(47)43-30-39(55(8,9)10)28-40(31-43)56(11,12)13/h20-34H,1-19H3. The second kappa shape index (κ2) is 14.7. The van der Waals surface area contributed by atoms with Crippen molar-refractivity contribution in [3.63, 3.8) is 0 Å². The van der Waals surface area contributed by atoms with E-state index in [1.165, 1.54) is 83.3 Å². The molecule has 8 rings (SSSR count). The summed E-state index contributed by atoms with van der Waals surface area (Å²) >= 11 is 1.84. The smallest absolute Gasteiger partial charge is 0.276 e. The molecule has 0 saturated heterocycles. The Morgan fingerprint density at radius 3 is 1.29 bits per heavy atom. The Kier molecular flexibility index (Phi) is 10.5. The first-order valence-corrected chi connectivity index (χ1v) is 24.1. The second-order valence-corrected chi connectivity index (χ2v) is 25.9. The van der Waals surface area contributed by atoms with Gasteiger partial charge in [0.15, 0.2) is 0 Å². The minimum Gasteiger partial charge on any atom is -0.311 e. The summed E-state index contributed by atoms with van der Waals surface area (Å²) in [4.78, 5) is 11.0. The first-order chi connectivity index (χ1) is 28.9. The van der Waals surface area contributed by atoms with Gasteiger partial charge in [-0.05, 0) is 132 Å². The highest BCUT2D eigenvalue weighted by Crippen LogP contribution is 2.49. The molecule has 5 heteroatoms. The molecule has 0 fully saturated rings. The van der Waals surface area contributed by atoms with Gasteiger partial charge >= 0.3 is 0 Å². The summed E-state index contributed by atoms with van der Waals surface area (Å²) < 4.78 is 0. The van der Waals surface area contributed by atoms with Crippen LogP contribution in [0.25, 0.3) is 10.6 Å². The molecule has 0 radical (unpaired) electrons. The van der Waals surface area contributed by atoms with E-state index in [1.54, 1.807) is 0 Å². The van der Waals surface area contributed by atoms with Crippen LogP contribution < -0.4 is 26.3 Å². The van der Waals surface area contributed by atoms with E-state index in [4.69, 9.17) is 4.98 Å². The van der Waals surface area contributed by atoms with Crippen LogP contribution in [0.2, 0.25) is 0 Å². The molecule has 1 aromatic heterocycles. The highest BCUT2D eigenvalue weighted by molar-refractivity contribution is 7.22. The zero-order chi connectivity index (χ0) is 46.1. The van der Waals surface area contributed by atoms with E-state index in [0.717, 1.165) is 16.2 Å². The van der Waals surface area contributed by atoms with Crippen molar-refractivity contribution in [1.82, 2.24) is 4.98 Å². The zero-order valence-corrected chi connectivity index (χ0v) is 42.8. The lowest BCUT2D eigenvalue weighted by Gasteiger charge is -2.44. The monoisotopic (exact) mass is 854 g/mol. The van der Waals surface area contributed by atoms with Gasteiger partial charge in [0.2, 0.25) is 0 Å². The van der Waals surface area contributed by atoms with Crippen molar-refractivity contribution in [2.45, 2.75) is 164 Å². The summed E-state index contributed by atoms with van der Waals surface area (Å²) in [5.74, 6) is 0. The summed E-state index contributed by atoms with van der Waals surface area (Å²) in [6.45, 7) is 44.2. The van der Waals surface area contributed by atoms with Crippen molar-refractivity contribution in [3.05, 3.63) is 130 Å². The van der Waals surface area contributed by atoms with Crippen molar-refractivity contribution in [2.24, 2.45) is 0 Å². The number of hydrogen-bond donors (Lipinski definition) is 0. The predicted octanol–water partition coefficient (Wildman–Crippen LogP) is 15.0. The molecule has 0 atom stereocenters. The lowest BCUT2D eigenvalue weighted by Crippen LogP contribution is -2.61. The summed E-state index contributed by atoms with van der Waals surface area (Å²) in [6, 6.07) is 36.1. The molecule has 0 aliphatic carbocycles. The topological polar surface area (TPSA) is 19.4 Å². The molecule has 0 unspecified atom stereocenters. The molecule has 2 aliphatic heterocycles. The van der Waals surface area contributed by atoms with Crippen LogP contribution >= 0.6 is 11.3 Å². The van der Waals surface area contributed by atoms with Gasteiger partial charge in [-0.15, -0.1) is 0 Å². The maximum atomic E-state index is 5.82. The number of rotatable bonds is 3. The second-order valence-electron chi connectivity index (χ2n) is 24.9. The molecule has 0 saturated carbocycles. The van der Waals surface area contributed by atoms with E-state index in [-0.39, 0.29) is 39.2 Å². The predicted molar refractivity (Wildman–Crippen MR) is 279 cm³/mol. The maximum Gasteiger partial charge on any atom is 0.276 e. The van der Waals surface area contributed by atoms with Gasteiger partial charge in [-0.2, -0.15) is 0 Å². The van der Waals surface area contributed by atoms with Crippen LogP contribution in [-0.4, -0.2) is 11.7 Å². The van der Waals surface area contributed by atoms with Crippen LogP contribution in [0.1, 0.15) is 164 Å². The first kappa shape index (κ1) is 45.0. The molecule has 0 amide bonds. The van der Waals surface area contributed by atoms with E-state index in [0.29, 0.717) is 0 Å². The highest BCUT2D eigenvalue weighted by atomic mass is 32.1. The largest absolute Gasteiger partial charge is 0.311 e. The van der Waals surface area contributed by atoms with Gasteiger partial charge in [0, 0.05) is 34.0 Å². The minimum absolute atomic E-state index is 0.0318. The molecule has 63 heavy (non-hydrogen) atoms. The van der Waals surface area contributed by atoms with Gasteiger partial charge < -0.3 is 9.80 Å². The van der Waals surface area contributed by atoms with Crippen LogP contribution in [0.4, 0.5) is 33.4 Å². The maximum absolute atomic E-state index is 5.82. The SMILES string of the molecule is Cc1cc2c3c(c1)N(c1cc(C(C)(C)C)cc(C(C)(C)C)c1)c1sc(-c4ccc(C(C)(C)C)cc4)nc1B3c1cc(C(C)(C)C)ccc1N2c1cc(C(C)(C)C)cc(C(C)(C)C)c1. The van der Waals surface area contributed by atoms with Crippen LogP contribution in [-0.2, 0) is 32.5 Å². The van der Waals surface area contributed by atoms with Crippen LogP contribution in [0.15, 0.2) is 91.0 Å². The number of aryl methyl sites for hydroxylation is 1. The number of anilines is 6. The fraction of sp³-hybridized carbons (Fsp3) is 0.431. The number of aromatic nitrogens is 1. The summed E-state index contributed by atoms with van der Waals surface area (Å²) in [5, 5.41) is 2.26. The normalized spacial score (nSPS) is 14.5. The van der Waals surface area contributed by atoms with Crippen molar-refractivity contribution < 1.29 is 0 Å². The molecule has 0 bridgehead atoms. The number of hydrogen-bond acceptors (Lipinski definition) is 4. The molecule has 0 N–H and O–H groups in total. The fourth-order valence-corrected chi connectivity index (χ4v) is 10.4.